The lowest BCUT2D eigenvalue weighted by atomic mass is 10.2. The molecule has 1 fully saturated rings. The molecular weight excluding hydrogens is 250 g/mol. The molecule has 2 N–H and O–H groups in total. The lowest BCUT2D eigenvalue weighted by Gasteiger charge is -2.09. The largest absolute Gasteiger partial charge is 0.504 e. The smallest absolute Gasteiger partial charge is 0.314 e. The molecule has 1 aromatic rings. The van der Waals surface area contributed by atoms with Crippen LogP contribution in [0.15, 0.2) is 12.1 Å². The Morgan fingerprint density at radius 1 is 1.31 bits per heavy atom. The van der Waals surface area contributed by atoms with E-state index in [9.17, 15) is 20.3 Å². The zero-order valence-electron chi connectivity index (χ0n) is 8.12. The van der Waals surface area contributed by atoms with E-state index in [1.54, 1.807) is 23.5 Å². The summed E-state index contributed by atoms with van der Waals surface area (Å²) >= 11 is 3.36. The van der Waals surface area contributed by atoms with Crippen LogP contribution >= 0.6 is 23.5 Å². The maximum absolute atomic E-state index is 10.7. The number of nitro groups is 1. The second kappa shape index (κ2) is 4.42. The first-order chi connectivity index (χ1) is 7.59. The van der Waals surface area contributed by atoms with E-state index in [0.717, 1.165) is 11.5 Å². The highest BCUT2D eigenvalue weighted by atomic mass is 32.2. The van der Waals surface area contributed by atoms with Gasteiger partial charge in [0.15, 0.2) is 5.75 Å². The second-order valence-corrected chi connectivity index (χ2v) is 5.96. The third-order valence-electron chi connectivity index (χ3n) is 2.18. The fourth-order valence-corrected chi connectivity index (χ4v) is 4.27. The van der Waals surface area contributed by atoms with Crippen molar-refractivity contribution in [3.05, 3.63) is 27.8 Å². The van der Waals surface area contributed by atoms with E-state index < -0.39 is 22.1 Å². The fraction of sp³-hybridized carbons (Fsp3) is 0.333. The van der Waals surface area contributed by atoms with Crippen LogP contribution in [0.2, 0.25) is 0 Å². The molecule has 0 saturated carbocycles. The molecule has 0 aromatic heterocycles. The van der Waals surface area contributed by atoms with E-state index >= 15 is 0 Å². The molecular formula is C9H9NO4S2. The van der Waals surface area contributed by atoms with Gasteiger partial charge in [0, 0.05) is 17.6 Å². The van der Waals surface area contributed by atoms with E-state index in [1.807, 2.05) is 0 Å². The molecule has 0 atom stereocenters. The minimum atomic E-state index is -0.692. The lowest BCUT2D eigenvalue weighted by molar-refractivity contribution is -0.386. The first kappa shape index (κ1) is 11.4. The topological polar surface area (TPSA) is 83.6 Å². The first-order valence-corrected chi connectivity index (χ1v) is 6.63. The first-order valence-electron chi connectivity index (χ1n) is 4.53. The Morgan fingerprint density at radius 2 is 1.94 bits per heavy atom. The molecule has 0 radical (unpaired) electrons. The number of hydrogen-bond acceptors (Lipinski definition) is 6. The Hall–Kier alpha value is -1.08. The molecule has 0 unspecified atom stereocenters. The number of thioether (sulfide) groups is 2. The van der Waals surface area contributed by atoms with Crippen LogP contribution in [0.1, 0.15) is 10.1 Å². The summed E-state index contributed by atoms with van der Waals surface area (Å²) in [7, 11) is 0. The van der Waals surface area contributed by atoms with Crippen LogP contribution in [0.4, 0.5) is 5.69 Å². The average molecular weight is 259 g/mol. The summed E-state index contributed by atoms with van der Waals surface area (Å²) in [5.74, 6) is 0.884. The van der Waals surface area contributed by atoms with Crippen LogP contribution < -0.4 is 0 Å². The molecule has 0 bridgehead atoms. The van der Waals surface area contributed by atoms with Crippen molar-refractivity contribution in [3.63, 3.8) is 0 Å². The number of phenols is 2. The quantitative estimate of drug-likeness (QED) is 0.482. The van der Waals surface area contributed by atoms with Crippen LogP contribution in [-0.2, 0) is 0 Å². The van der Waals surface area contributed by atoms with E-state index in [0.29, 0.717) is 5.56 Å². The molecule has 0 amide bonds. The number of nitrogens with zero attached hydrogens (tertiary/aromatic N) is 1. The normalized spacial score (nSPS) is 16.5. The number of phenolic OH excluding ortho intramolecular Hbond substituents is 2. The van der Waals surface area contributed by atoms with Crippen LogP contribution in [0, 0.1) is 10.1 Å². The van der Waals surface area contributed by atoms with Crippen molar-refractivity contribution < 1.29 is 15.1 Å². The molecule has 7 heteroatoms. The van der Waals surface area contributed by atoms with Gasteiger partial charge in [0.05, 0.1) is 9.51 Å². The van der Waals surface area contributed by atoms with Crippen LogP contribution in [-0.4, -0.2) is 26.6 Å². The summed E-state index contributed by atoms with van der Waals surface area (Å²) in [6, 6.07) is 2.71. The highest BCUT2D eigenvalue weighted by Gasteiger charge is 2.25. The molecule has 1 heterocycles. The van der Waals surface area contributed by atoms with Gasteiger partial charge < -0.3 is 10.2 Å². The number of hydrogen-bond donors (Lipinski definition) is 2. The number of benzene rings is 1. The summed E-state index contributed by atoms with van der Waals surface area (Å²) in [6.45, 7) is 0. The van der Waals surface area contributed by atoms with Crippen molar-refractivity contribution >= 4 is 29.2 Å². The van der Waals surface area contributed by atoms with Crippen molar-refractivity contribution in [2.24, 2.45) is 0 Å². The van der Waals surface area contributed by atoms with Gasteiger partial charge in [-0.05, 0) is 11.6 Å². The number of rotatable bonds is 2. The zero-order valence-corrected chi connectivity index (χ0v) is 9.75. The third-order valence-corrected chi connectivity index (χ3v) is 5.29. The van der Waals surface area contributed by atoms with Gasteiger partial charge in [-0.25, -0.2) is 0 Å². The average Bonchev–Trinajstić information content (AvgIpc) is 2.74. The molecule has 0 spiro atoms. The van der Waals surface area contributed by atoms with Crippen molar-refractivity contribution in [1.29, 1.82) is 0 Å². The van der Waals surface area contributed by atoms with Gasteiger partial charge in [-0.15, -0.1) is 23.5 Å². The summed E-state index contributed by atoms with van der Waals surface area (Å²) in [6.07, 6.45) is 0. The Kier molecular flexibility index (Phi) is 3.15. The van der Waals surface area contributed by atoms with Crippen molar-refractivity contribution in [2.75, 3.05) is 11.5 Å². The summed E-state index contributed by atoms with van der Waals surface area (Å²) in [4.78, 5) is 9.97. The predicted molar refractivity (Wildman–Crippen MR) is 64.1 cm³/mol. The van der Waals surface area contributed by atoms with Gasteiger partial charge in [-0.2, -0.15) is 0 Å². The third kappa shape index (κ3) is 2.05. The van der Waals surface area contributed by atoms with Crippen LogP contribution in [0.3, 0.4) is 0 Å². The molecule has 1 aliphatic heterocycles. The number of nitro benzene ring substituents is 1. The van der Waals surface area contributed by atoms with Crippen molar-refractivity contribution in [2.45, 2.75) is 4.58 Å². The molecule has 2 rings (SSSR count). The molecule has 1 aromatic carbocycles. The Labute approximate surface area is 100 Å². The Balaban J connectivity index is 2.43. The molecule has 1 aliphatic rings. The van der Waals surface area contributed by atoms with Gasteiger partial charge in [-0.1, -0.05) is 0 Å². The summed E-state index contributed by atoms with van der Waals surface area (Å²) in [5.41, 5.74) is 0.234. The highest BCUT2D eigenvalue weighted by Crippen LogP contribution is 2.48. The van der Waals surface area contributed by atoms with Gasteiger partial charge in [0.25, 0.3) is 0 Å². The zero-order chi connectivity index (χ0) is 11.7. The SMILES string of the molecule is O=[N+]([O-])c1cc(C2SCCS2)cc(O)c1O. The van der Waals surface area contributed by atoms with Crippen LogP contribution in [0.25, 0.3) is 0 Å². The van der Waals surface area contributed by atoms with E-state index in [2.05, 4.69) is 0 Å². The molecule has 1 saturated heterocycles. The van der Waals surface area contributed by atoms with Gasteiger partial charge in [0.1, 0.15) is 0 Å². The second-order valence-electron chi connectivity index (χ2n) is 3.24. The molecule has 16 heavy (non-hydrogen) atoms. The molecule has 5 nitrogen and oxygen atoms in total. The maximum Gasteiger partial charge on any atom is 0.314 e. The van der Waals surface area contributed by atoms with E-state index in [4.69, 9.17) is 0 Å². The fourth-order valence-electron chi connectivity index (χ4n) is 1.45. The van der Waals surface area contributed by atoms with E-state index in [1.165, 1.54) is 12.1 Å². The molecule has 86 valence electrons. The van der Waals surface area contributed by atoms with Crippen molar-refractivity contribution in [1.82, 2.24) is 0 Å². The predicted octanol–water partition coefficient (Wildman–Crippen LogP) is 2.48. The minimum absolute atomic E-state index is 0.102. The van der Waals surface area contributed by atoms with Gasteiger partial charge >= 0.3 is 5.69 Å². The van der Waals surface area contributed by atoms with Gasteiger partial charge in [-0.3, -0.25) is 10.1 Å². The Morgan fingerprint density at radius 3 is 2.50 bits per heavy atom. The Bertz CT molecular complexity index is 432. The minimum Gasteiger partial charge on any atom is -0.504 e. The summed E-state index contributed by atoms with van der Waals surface area (Å²) in [5, 5.41) is 29.4. The highest BCUT2D eigenvalue weighted by molar-refractivity contribution is 8.19. The standard InChI is InChI=1S/C9H9NO4S2/c11-7-4-5(9-15-1-2-16-9)3-6(8(7)12)10(13)14/h3-4,9,11-12H,1-2H2. The van der Waals surface area contributed by atoms with Crippen LogP contribution in [0.5, 0.6) is 11.5 Å². The number of aromatic hydroxyl groups is 2. The maximum atomic E-state index is 10.7. The van der Waals surface area contributed by atoms with Crippen molar-refractivity contribution in [3.8, 4) is 11.5 Å². The lowest BCUT2D eigenvalue weighted by Crippen LogP contribution is -1.92. The van der Waals surface area contributed by atoms with Gasteiger partial charge in [0.2, 0.25) is 5.75 Å². The summed E-state index contributed by atoms with van der Waals surface area (Å²) < 4.78 is 0.102. The monoisotopic (exact) mass is 259 g/mol. The van der Waals surface area contributed by atoms with E-state index in [-0.39, 0.29) is 4.58 Å². The molecule has 0 aliphatic carbocycles.